The van der Waals surface area contributed by atoms with Crippen LogP contribution in [0.5, 0.6) is 0 Å². The van der Waals surface area contributed by atoms with Crippen molar-refractivity contribution in [2.45, 2.75) is 38.4 Å². The lowest BCUT2D eigenvalue weighted by atomic mass is 10.0. The Bertz CT molecular complexity index is 668. The summed E-state index contributed by atoms with van der Waals surface area (Å²) in [5, 5.41) is 0. The van der Waals surface area contributed by atoms with Crippen molar-refractivity contribution in [1.29, 1.82) is 0 Å². The first-order valence-electron chi connectivity index (χ1n) is 8.15. The molecule has 0 spiro atoms. The van der Waals surface area contributed by atoms with Gasteiger partial charge in [0, 0.05) is 31.1 Å². The third-order valence-corrected chi connectivity index (χ3v) is 4.66. The number of carbonyl (C=O) groups is 1. The van der Waals surface area contributed by atoms with E-state index in [9.17, 15) is 9.18 Å². The number of hydrogen-bond donors (Lipinski definition) is 0. The average molecular weight is 311 g/mol. The fourth-order valence-electron chi connectivity index (χ4n) is 3.34. The number of aryl methyl sites for hydroxylation is 1. The van der Waals surface area contributed by atoms with Crippen LogP contribution in [0.3, 0.4) is 0 Å². The van der Waals surface area contributed by atoms with Crippen molar-refractivity contribution in [3.05, 3.63) is 65.2 Å². The van der Waals surface area contributed by atoms with E-state index in [1.54, 1.807) is 0 Å². The second-order valence-corrected chi connectivity index (χ2v) is 6.31. The molecule has 1 heterocycles. The summed E-state index contributed by atoms with van der Waals surface area (Å²) in [5.74, 6) is 0. The molecule has 0 bridgehead atoms. The molecule has 3 rings (SSSR count). The Morgan fingerprint density at radius 3 is 2.61 bits per heavy atom. The van der Waals surface area contributed by atoms with E-state index in [-0.39, 0.29) is 6.04 Å². The number of alkyl halides is 1. The highest BCUT2D eigenvalue weighted by molar-refractivity contribution is 5.56. The zero-order valence-electron chi connectivity index (χ0n) is 13.4. The first-order valence-corrected chi connectivity index (χ1v) is 8.15. The molecule has 2 aromatic rings. The van der Waals surface area contributed by atoms with Gasteiger partial charge in [0.15, 0.2) is 0 Å². The van der Waals surface area contributed by atoms with Crippen LogP contribution < -0.4 is 4.90 Å². The van der Waals surface area contributed by atoms with E-state index in [1.165, 1.54) is 16.7 Å². The molecule has 23 heavy (non-hydrogen) atoms. The first kappa shape index (κ1) is 15.7. The molecule has 2 unspecified atom stereocenters. The molecule has 0 saturated carbocycles. The molecular weight excluding hydrogens is 289 g/mol. The number of rotatable bonds is 5. The molecule has 1 aliphatic rings. The largest absolute Gasteiger partial charge is 0.365 e. The van der Waals surface area contributed by atoms with Crippen molar-refractivity contribution in [2.75, 3.05) is 11.4 Å². The Morgan fingerprint density at radius 1 is 1.17 bits per heavy atom. The molecule has 1 saturated heterocycles. The Labute approximate surface area is 136 Å². The third-order valence-electron chi connectivity index (χ3n) is 4.66. The number of aldehydes is 1. The number of anilines is 1. The quantitative estimate of drug-likeness (QED) is 0.775. The van der Waals surface area contributed by atoms with Crippen LogP contribution in [0.1, 0.15) is 29.5 Å². The maximum Gasteiger partial charge on any atom is 0.122 e. The Balaban J connectivity index is 1.74. The first-order chi connectivity index (χ1) is 11.2. The van der Waals surface area contributed by atoms with Crippen LogP contribution in [0.15, 0.2) is 48.5 Å². The van der Waals surface area contributed by atoms with Gasteiger partial charge in [-0.1, -0.05) is 36.4 Å². The van der Waals surface area contributed by atoms with Crippen LogP contribution in [-0.4, -0.2) is 25.0 Å². The molecule has 120 valence electrons. The maximum atomic E-state index is 13.7. The third kappa shape index (κ3) is 3.61. The minimum Gasteiger partial charge on any atom is -0.365 e. The van der Waals surface area contributed by atoms with Gasteiger partial charge in [0.25, 0.3) is 0 Å². The van der Waals surface area contributed by atoms with Crippen LogP contribution in [0.25, 0.3) is 0 Å². The molecule has 0 radical (unpaired) electrons. The zero-order chi connectivity index (χ0) is 16.2. The monoisotopic (exact) mass is 311 g/mol. The van der Waals surface area contributed by atoms with Gasteiger partial charge in [0.2, 0.25) is 0 Å². The van der Waals surface area contributed by atoms with Gasteiger partial charge in [-0.25, -0.2) is 4.39 Å². The minimum atomic E-state index is -0.841. The summed E-state index contributed by atoms with van der Waals surface area (Å²) in [5.41, 5.74) is 4.86. The minimum absolute atomic E-state index is 0.00952. The fourth-order valence-corrected chi connectivity index (χ4v) is 3.34. The lowest BCUT2D eigenvalue weighted by molar-refractivity contribution is -0.108. The van der Waals surface area contributed by atoms with Crippen molar-refractivity contribution >= 4 is 12.0 Å². The van der Waals surface area contributed by atoms with Crippen molar-refractivity contribution in [1.82, 2.24) is 0 Å². The smallest absolute Gasteiger partial charge is 0.122 e. The topological polar surface area (TPSA) is 20.3 Å². The number of benzene rings is 2. The van der Waals surface area contributed by atoms with Crippen molar-refractivity contribution in [3.8, 4) is 0 Å². The fraction of sp³-hybridized carbons (Fsp3) is 0.350. The molecule has 2 nitrogen and oxygen atoms in total. The van der Waals surface area contributed by atoms with Gasteiger partial charge in [-0.15, -0.1) is 0 Å². The molecule has 2 aromatic carbocycles. The molecular formula is C20H22FNO. The number of halogens is 1. The SMILES string of the molecule is Cc1ccccc1Cc1ccc(N2CC(F)CC2CC=O)cc1. The highest BCUT2D eigenvalue weighted by Crippen LogP contribution is 2.29. The predicted octanol–water partition coefficient (Wildman–Crippen LogP) is 4.09. The summed E-state index contributed by atoms with van der Waals surface area (Å²) in [6.07, 6.45) is 1.79. The number of hydrogen-bond acceptors (Lipinski definition) is 2. The summed E-state index contributed by atoms with van der Waals surface area (Å²) in [4.78, 5) is 12.8. The van der Waals surface area contributed by atoms with Gasteiger partial charge in [-0.3, -0.25) is 0 Å². The summed E-state index contributed by atoms with van der Waals surface area (Å²) >= 11 is 0. The maximum absolute atomic E-state index is 13.7. The van der Waals surface area contributed by atoms with Crippen molar-refractivity contribution < 1.29 is 9.18 Å². The summed E-state index contributed by atoms with van der Waals surface area (Å²) in [6.45, 7) is 2.51. The number of carbonyl (C=O) groups excluding carboxylic acids is 1. The summed E-state index contributed by atoms with van der Waals surface area (Å²) < 4.78 is 13.7. The van der Waals surface area contributed by atoms with Crippen LogP contribution in [0.4, 0.5) is 10.1 Å². The average Bonchev–Trinajstić information content (AvgIpc) is 2.91. The summed E-state index contributed by atoms with van der Waals surface area (Å²) in [7, 11) is 0. The normalized spacial score (nSPS) is 20.7. The van der Waals surface area contributed by atoms with Crippen LogP contribution >= 0.6 is 0 Å². The van der Waals surface area contributed by atoms with Gasteiger partial charge in [-0.2, -0.15) is 0 Å². The van der Waals surface area contributed by atoms with Crippen LogP contribution in [0.2, 0.25) is 0 Å². The molecule has 3 heteroatoms. The Kier molecular flexibility index (Phi) is 4.75. The standard InChI is InChI=1S/C20H22FNO/c1-15-4-2-3-5-17(15)12-16-6-8-19(9-7-16)22-14-18(21)13-20(22)10-11-23/h2-9,11,18,20H,10,12-14H2,1H3. The second kappa shape index (κ2) is 6.95. The molecule has 0 aliphatic carbocycles. The molecule has 1 aliphatic heterocycles. The summed E-state index contributed by atoms with van der Waals surface area (Å²) in [6, 6.07) is 16.7. The van der Waals surface area contributed by atoms with E-state index in [0.717, 1.165) is 18.4 Å². The second-order valence-electron chi connectivity index (χ2n) is 6.31. The zero-order valence-corrected chi connectivity index (χ0v) is 13.4. The van der Waals surface area contributed by atoms with Crippen molar-refractivity contribution in [2.24, 2.45) is 0 Å². The lowest BCUT2D eigenvalue weighted by Crippen LogP contribution is -2.29. The lowest BCUT2D eigenvalue weighted by Gasteiger charge is -2.25. The number of nitrogens with zero attached hydrogens (tertiary/aromatic N) is 1. The predicted molar refractivity (Wildman–Crippen MR) is 91.8 cm³/mol. The van der Waals surface area contributed by atoms with Crippen LogP contribution in [-0.2, 0) is 11.2 Å². The van der Waals surface area contributed by atoms with E-state index in [4.69, 9.17) is 0 Å². The molecule has 2 atom stereocenters. The van der Waals surface area contributed by atoms with Gasteiger partial charge >= 0.3 is 0 Å². The van der Waals surface area contributed by atoms with Crippen LogP contribution in [0, 0.1) is 6.92 Å². The highest BCUT2D eigenvalue weighted by Gasteiger charge is 2.31. The molecule has 0 N–H and O–H groups in total. The van der Waals surface area contributed by atoms with Gasteiger partial charge in [0.1, 0.15) is 12.5 Å². The van der Waals surface area contributed by atoms with Gasteiger partial charge in [-0.05, 0) is 42.2 Å². The van der Waals surface area contributed by atoms with Gasteiger partial charge < -0.3 is 9.69 Å². The van der Waals surface area contributed by atoms with E-state index >= 15 is 0 Å². The van der Waals surface area contributed by atoms with Gasteiger partial charge in [0.05, 0.1) is 0 Å². The Morgan fingerprint density at radius 2 is 1.91 bits per heavy atom. The van der Waals surface area contributed by atoms with E-state index < -0.39 is 6.17 Å². The Hall–Kier alpha value is -2.16. The molecule has 0 aromatic heterocycles. The van der Waals surface area contributed by atoms with E-state index in [2.05, 4.69) is 43.3 Å². The molecule has 1 fully saturated rings. The molecule has 0 amide bonds. The van der Waals surface area contributed by atoms with E-state index in [0.29, 0.717) is 19.4 Å². The highest BCUT2D eigenvalue weighted by atomic mass is 19.1. The van der Waals surface area contributed by atoms with E-state index in [1.807, 2.05) is 17.0 Å². The van der Waals surface area contributed by atoms with Crippen molar-refractivity contribution in [3.63, 3.8) is 0 Å².